The highest BCUT2D eigenvalue weighted by Crippen LogP contribution is 2.24. The molecule has 1 aromatic carbocycles. The number of carboxylic acid groups (broad SMARTS) is 2. The predicted molar refractivity (Wildman–Crippen MR) is 115 cm³/mol. The number of carbonyl (C=O) groups excluding carboxylic acids is 1. The van der Waals surface area contributed by atoms with E-state index < -0.39 is 11.9 Å². The zero-order valence-corrected chi connectivity index (χ0v) is 18.3. The molecule has 9 nitrogen and oxygen atoms in total. The molecular weight excluding hydrogens is 402 g/mol. The molecule has 2 aliphatic rings. The largest absolute Gasteiger partial charge is 0.496 e. The fraction of sp³-hybridized carbons (Fsp3) is 0.591. The van der Waals surface area contributed by atoms with Gasteiger partial charge in [0.05, 0.1) is 7.11 Å². The smallest absolute Gasteiger partial charge is 0.414 e. The lowest BCUT2D eigenvalue weighted by Crippen LogP contribution is -2.51. The first-order valence-electron chi connectivity index (χ1n) is 10.7. The van der Waals surface area contributed by atoms with Gasteiger partial charge in [-0.3, -0.25) is 9.69 Å². The minimum Gasteiger partial charge on any atom is -0.496 e. The van der Waals surface area contributed by atoms with Gasteiger partial charge in [0.25, 0.3) is 0 Å². The molecule has 0 saturated carbocycles. The zero-order chi connectivity index (χ0) is 22.8. The number of likely N-dealkylation sites (N-methyl/N-ethyl adjacent to an activating group) is 1. The summed E-state index contributed by atoms with van der Waals surface area (Å²) in [6.07, 6.45) is 1.95. The first kappa shape index (κ1) is 24.6. The van der Waals surface area contributed by atoms with Crippen molar-refractivity contribution in [3.05, 3.63) is 29.8 Å². The third-order valence-electron chi connectivity index (χ3n) is 5.84. The van der Waals surface area contributed by atoms with E-state index >= 15 is 0 Å². The average molecular weight is 436 g/mol. The normalized spacial score (nSPS) is 18.1. The number of amides is 1. The average Bonchev–Trinajstić information content (AvgIpc) is 2.80. The number of carboxylic acids is 2. The molecule has 2 fully saturated rings. The summed E-state index contributed by atoms with van der Waals surface area (Å²) in [6, 6.07) is 8.21. The van der Waals surface area contributed by atoms with E-state index in [2.05, 4.69) is 33.8 Å². The molecule has 0 radical (unpaired) electrons. The van der Waals surface area contributed by atoms with Crippen molar-refractivity contribution < 1.29 is 29.3 Å². The number of hydrogen-bond donors (Lipinski definition) is 2. The summed E-state index contributed by atoms with van der Waals surface area (Å²) in [5.74, 6) is -2.10. The van der Waals surface area contributed by atoms with Crippen LogP contribution in [0, 0.1) is 5.92 Å². The van der Waals surface area contributed by atoms with Crippen molar-refractivity contribution >= 4 is 17.8 Å². The van der Waals surface area contributed by atoms with Gasteiger partial charge in [0.15, 0.2) is 0 Å². The van der Waals surface area contributed by atoms with Crippen LogP contribution in [0.2, 0.25) is 0 Å². The Hall–Kier alpha value is -2.65. The van der Waals surface area contributed by atoms with Crippen molar-refractivity contribution in [3.63, 3.8) is 0 Å². The molecule has 2 heterocycles. The van der Waals surface area contributed by atoms with Crippen LogP contribution >= 0.6 is 0 Å². The molecule has 9 heteroatoms. The Kier molecular flexibility index (Phi) is 9.74. The number of hydrogen-bond acceptors (Lipinski definition) is 6. The van der Waals surface area contributed by atoms with Gasteiger partial charge >= 0.3 is 11.9 Å². The topological polar surface area (TPSA) is 111 Å². The Labute approximate surface area is 183 Å². The second-order valence-corrected chi connectivity index (χ2v) is 7.73. The second-order valence-electron chi connectivity index (χ2n) is 7.73. The Morgan fingerprint density at radius 1 is 0.935 bits per heavy atom. The summed E-state index contributed by atoms with van der Waals surface area (Å²) in [7, 11) is 1.72. The van der Waals surface area contributed by atoms with Crippen molar-refractivity contribution in [2.45, 2.75) is 26.3 Å². The van der Waals surface area contributed by atoms with Crippen molar-refractivity contribution in [3.8, 4) is 5.75 Å². The van der Waals surface area contributed by atoms with E-state index in [-0.39, 0.29) is 5.92 Å². The lowest BCUT2D eigenvalue weighted by molar-refractivity contribution is -0.159. The molecule has 0 aromatic heterocycles. The minimum atomic E-state index is -1.82. The molecule has 0 bridgehead atoms. The van der Waals surface area contributed by atoms with Crippen molar-refractivity contribution in [1.29, 1.82) is 0 Å². The van der Waals surface area contributed by atoms with Crippen molar-refractivity contribution in [2.75, 3.05) is 52.9 Å². The standard InChI is InChI=1S/C20H31N3O2.C2H2O4/c1-3-21-12-14-23(15-13-21)20(24)17-8-10-22(11-9-17)16-18-6-4-5-7-19(18)25-2;3-1(4)2(5)6/h4-7,17H,3,8-16H2,1-2H3;(H,3,4)(H,5,6). The molecule has 2 N–H and O–H groups in total. The molecule has 172 valence electrons. The van der Waals surface area contributed by atoms with Gasteiger partial charge in [0.1, 0.15) is 5.75 Å². The van der Waals surface area contributed by atoms with E-state index in [4.69, 9.17) is 24.5 Å². The second kappa shape index (κ2) is 12.3. The number of aliphatic carboxylic acids is 2. The van der Waals surface area contributed by atoms with Crippen molar-refractivity contribution in [1.82, 2.24) is 14.7 Å². The summed E-state index contributed by atoms with van der Waals surface area (Å²) in [5, 5.41) is 14.8. The summed E-state index contributed by atoms with van der Waals surface area (Å²) in [5.41, 5.74) is 1.23. The summed E-state index contributed by atoms with van der Waals surface area (Å²) < 4.78 is 5.45. The molecule has 0 atom stereocenters. The molecule has 2 saturated heterocycles. The van der Waals surface area contributed by atoms with Crippen molar-refractivity contribution in [2.24, 2.45) is 5.92 Å². The number of piperazine rings is 1. The Morgan fingerprint density at radius 3 is 2.03 bits per heavy atom. The van der Waals surface area contributed by atoms with Gasteiger partial charge < -0.3 is 24.7 Å². The van der Waals surface area contributed by atoms with Gasteiger partial charge in [0, 0.05) is 44.2 Å². The van der Waals surface area contributed by atoms with Gasteiger partial charge in [-0.15, -0.1) is 0 Å². The maximum absolute atomic E-state index is 12.8. The maximum atomic E-state index is 12.8. The van der Waals surface area contributed by atoms with Gasteiger partial charge in [-0.1, -0.05) is 25.1 Å². The van der Waals surface area contributed by atoms with Gasteiger partial charge in [-0.05, 0) is 38.5 Å². The highest BCUT2D eigenvalue weighted by Gasteiger charge is 2.30. The highest BCUT2D eigenvalue weighted by molar-refractivity contribution is 6.27. The SMILES string of the molecule is CCN1CCN(C(=O)C2CCN(Cc3ccccc3OC)CC2)CC1.O=C(O)C(=O)O. The van der Waals surface area contributed by atoms with Gasteiger partial charge in [-0.2, -0.15) is 0 Å². The minimum absolute atomic E-state index is 0.210. The van der Waals surface area contributed by atoms with Crippen LogP contribution in [0.4, 0.5) is 0 Å². The van der Waals surface area contributed by atoms with Crippen LogP contribution in [-0.2, 0) is 20.9 Å². The van der Waals surface area contributed by atoms with Crippen LogP contribution in [0.1, 0.15) is 25.3 Å². The van der Waals surface area contributed by atoms with E-state index in [1.807, 2.05) is 12.1 Å². The Bertz CT molecular complexity index is 729. The fourth-order valence-corrected chi connectivity index (χ4v) is 3.96. The molecule has 0 unspecified atom stereocenters. The molecule has 0 spiro atoms. The summed E-state index contributed by atoms with van der Waals surface area (Å²) in [6.45, 7) is 10.00. The van der Waals surface area contributed by atoms with Crippen LogP contribution in [0.3, 0.4) is 0 Å². The summed E-state index contributed by atoms with van der Waals surface area (Å²) >= 11 is 0. The highest BCUT2D eigenvalue weighted by atomic mass is 16.5. The fourth-order valence-electron chi connectivity index (χ4n) is 3.96. The third-order valence-corrected chi connectivity index (χ3v) is 5.84. The third kappa shape index (κ3) is 7.52. The molecule has 31 heavy (non-hydrogen) atoms. The monoisotopic (exact) mass is 435 g/mol. The quantitative estimate of drug-likeness (QED) is 0.665. The number of likely N-dealkylation sites (tertiary alicyclic amines) is 1. The summed E-state index contributed by atoms with van der Waals surface area (Å²) in [4.78, 5) is 37.9. The number of benzene rings is 1. The lowest BCUT2D eigenvalue weighted by atomic mass is 9.94. The number of methoxy groups -OCH3 is 1. The Morgan fingerprint density at radius 2 is 1.52 bits per heavy atom. The molecule has 2 aliphatic heterocycles. The maximum Gasteiger partial charge on any atom is 0.414 e. The van der Waals surface area contributed by atoms with Crippen LogP contribution < -0.4 is 4.74 Å². The lowest BCUT2D eigenvalue weighted by Gasteiger charge is -2.38. The number of piperidine rings is 1. The molecule has 1 amide bonds. The van der Waals surface area contributed by atoms with E-state index in [1.54, 1.807) is 7.11 Å². The number of rotatable bonds is 5. The molecule has 0 aliphatic carbocycles. The molecular formula is C22H33N3O6. The van der Waals surface area contributed by atoms with E-state index in [0.29, 0.717) is 5.91 Å². The van der Waals surface area contributed by atoms with Gasteiger partial charge in [-0.25, -0.2) is 9.59 Å². The van der Waals surface area contributed by atoms with Crippen LogP contribution in [-0.4, -0.2) is 95.7 Å². The number of ether oxygens (including phenoxy) is 1. The number of carbonyl (C=O) groups is 3. The zero-order valence-electron chi connectivity index (χ0n) is 18.3. The van der Waals surface area contributed by atoms with E-state index in [0.717, 1.165) is 70.9 Å². The van der Waals surface area contributed by atoms with Crippen LogP contribution in [0.15, 0.2) is 24.3 Å². The number of nitrogens with zero attached hydrogens (tertiary/aromatic N) is 3. The van der Waals surface area contributed by atoms with Crippen LogP contribution in [0.25, 0.3) is 0 Å². The van der Waals surface area contributed by atoms with E-state index in [1.165, 1.54) is 5.56 Å². The van der Waals surface area contributed by atoms with E-state index in [9.17, 15) is 4.79 Å². The first-order valence-corrected chi connectivity index (χ1v) is 10.7. The first-order chi connectivity index (χ1) is 14.8. The Balaban J connectivity index is 0.000000501. The number of para-hydroxylation sites is 1. The molecule has 1 aromatic rings. The molecule has 3 rings (SSSR count). The van der Waals surface area contributed by atoms with Crippen LogP contribution in [0.5, 0.6) is 5.75 Å². The predicted octanol–water partition coefficient (Wildman–Crippen LogP) is 1.23. The van der Waals surface area contributed by atoms with Gasteiger partial charge in [0.2, 0.25) is 5.91 Å².